The minimum Gasteiger partial charge on any atom is -0.399 e. The summed E-state index contributed by atoms with van der Waals surface area (Å²) in [6.07, 6.45) is 6.13. The summed E-state index contributed by atoms with van der Waals surface area (Å²) < 4.78 is 0. The lowest BCUT2D eigenvalue weighted by molar-refractivity contribution is -0.121. The number of anilines is 1. The van der Waals surface area contributed by atoms with Crippen molar-refractivity contribution in [3.63, 3.8) is 0 Å². The van der Waals surface area contributed by atoms with Gasteiger partial charge >= 0.3 is 0 Å². The van der Waals surface area contributed by atoms with Crippen molar-refractivity contribution in [2.45, 2.75) is 13.3 Å². The summed E-state index contributed by atoms with van der Waals surface area (Å²) >= 11 is 0. The first-order valence-corrected chi connectivity index (χ1v) is 7.37. The van der Waals surface area contributed by atoms with Crippen LogP contribution in [0.1, 0.15) is 23.1 Å². The molecule has 2 N–H and O–H groups in total. The van der Waals surface area contributed by atoms with Gasteiger partial charge in [0.05, 0.1) is 6.42 Å². The van der Waals surface area contributed by atoms with Crippen molar-refractivity contribution in [3.8, 4) is 0 Å². The van der Waals surface area contributed by atoms with Gasteiger partial charge in [0.2, 0.25) is 0 Å². The first-order valence-electron chi connectivity index (χ1n) is 7.37. The highest BCUT2D eigenvalue weighted by molar-refractivity contribution is 6.10. The molecule has 3 nitrogen and oxygen atoms in total. The van der Waals surface area contributed by atoms with Gasteiger partial charge in [0, 0.05) is 5.69 Å². The van der Waals surface area contributed by atoms with Gasteiger partial charge in [0.25, 0.3) is 0 Å². The van der Waals surface area contributed by atoms with Crippen LogP contribution >= 0.6 is 0 Å². The minimum absolute atomic E-state index is 0.131. The quantitative estimate of drug-likeness (QED) is 0.501. The fourth-order valence-electron chi connectivity index (χ4n) is 1.95. The van der Waals surface area contributed by atoms with Crippen LogP contribution in [0.5, 0.6) is 0 Å². The number of aryl methyl sites for hydroxylation is 1. The van der Waals surface area contributed by atoms with Gasteiger partial charge < -0.3 is 5.73 Å². The van der Waals surface area contributed by atoms with E-state index in [4.69, 9.17) is 5.73 Å². The molecule has 0 bridgehead atoms. The summed E-state index contributed by atoms with van der Waals surface area (Å²) in [6.45, 7) is 2.00. The van der Waals surface area contributed by atoms with Gasteiger partial charge in [-0.3, -0.25) is 9.59 Å². The molecule has 0 atom stereocenters. The zero-order valence-electron chi connectivity index (χ0n) is 13.0. The molecule has 0 heterocycles. The Balaban J connectivity index is 1.88. The number of hydrogen-bond donors (Lipinski definition) is 1. The van der Waals surface area contributed by atoms with Crippen molar-refractivity contribution in [1.82, 2.24) is 0 Å². The van der Waals surface area contributed by atoms with Crippen molar-refractivity contribution in [2.75, 3.05) is 5.73 Å². The van der Waals surface area contributed by atoms with E-state index in [1.807, 2.05) is 43.3 Å². The maximum Gasteiger partial charge on any atom is 0.163 e. The number of benzene rings is 2. The van der Waals surface area contributed by atoms with Gasteiger partial charge in [-0.05, 0) is 42.3 Å². The van der Waals surface area contributed by atoms with Gasteiger partial charge in [-0.15, -0.1) is 0 Å². The van der Waals surface area contributed by atoms with E-state index in [2.05, 4.69) is 0 Å². The standard InChI is InChI=1S/C20H19NO2/c1-15-2-4-16(5-3-15)8-12-19(22)14-20(23)13-9-17-6-10-18(21)11-7-17/h2-13H,14,21H2,1H3/b12-8+,13-9+. The summed E-state index contributed by atoms with van der Waals surface area (Å²) in [6, 6.07) is 15.0. The van der Waals surface area contributed by atoms with Crippen LogP contribution in [-0.2, 0) is 9.59 Å². The van der Waals surface area contributed by atoms with E-state index in [1.54, 1.807) is 24.3 Å². The maximum atomic E-state index is 11.8. The first-order chi connectivity index (χ1) is 11.0. The van der Waals surface area contributed by atoms with Crippen LogP contribution in [0.25, 0.3) is 12.2 Å². The molecule has 0 saturated heterocycles. The Labute approximate surface area is 136 Å². The molecule has 0 aliphatic heterocycles. The predicted molar refractivity (Wildman–Crippen MR) is 94.7 cm³/mol. The Morgan fingerprint density at radius 1 is 0.826 bits per heavy atom. The van der Waals surface area contributed by atoms with Crippen molar-refractivity contribution < 1.29 is 9.59 Å². The summed E-state index contributed by atoms with van der Waals surface area (Å²) in [4.78, 5) is 23.6. The van der Waals surface area contributed by atoms with Gasteiger partial charge in [-0.2, -0.15) is 0 Å². The largest absolute Gasteiger partial charge is 0.399 e. The molecule has 0 unspecified atom stereocenters. The SMILES string of the molecule is Cc1ccc(/C=C/C(=O)CC(=O)/C=C/c2ccc(N)cc2)cc1. The molecule has 0 saturated carbocycles. The van der Waals surface area contributed by atoms with Crippen LogP contribution in [0.4, 0.5) is 5.69 Å². The fourth-order valence-corrected chi connectivity index (χ4v) is 1.95. The van der Waals surface area contributed by atoms with E-state index in [9.17, 15) is 9.59 Å². The molecule has 0 aromatic heterocycles. The van der Waals surface area contributed by atoms with E-state index in [1.165, 1.54) is 12.2 Å². The Bertz CT molecular complexity index is 673. The molecule has 116 valence electrons. The normalized spacial score (nSPS) is 11.2. The molecule has 23 heavy (non-hydrogen) atoms. The minimum atomic E-state index is -0.222. The monoisotopic (exact) mass is 305 g/mol. The van der Waals surface area contributed by atoms with Gasteiger partial charge in [0.1, 0.15) is 0 Å². The molecule has 2 aromatic rings. The zero-order chi connectivity index (χ0) is 16.7. The summed E-state index contributed by atoms with van der Waals surface area (Å²) in [5.74, 6) is -0.432. The average molecular weight is 305 g/mol. The van der Waals surface area contributed by atoms with Crippen LogP contribution in [0.3, 0.4) is 0 Å². The lowest BCUT2D eigenvalue weighted by Crippen LogP contribution is -2.01. The van der Waals surface area contributed by atoms with Crippen LogP contribution in [0, 0.1) is 6.92 Å². The summed E-state index contributed by atoms with van der Waals surface area (Å²) in [7, 11) is 0. The van der Waals surface area contributed by atoms with Crippen molar-refractivity contribution in [1.29, 1.82) is 0 Å². The second kappa shape index (κ2) is 7.90. The van der Waals surface area contributed by atoms with E-state index in [0.717, 1.165) is 16.7 Å². The van der Waals surface area contributed by atoms with Crippen molar-refractivity contribution in [2.24, 2.45) is 0 Å². The van der Waals surface area contributed by atoms with Crippen LogP contribution in [0.15, 0.2) is 60.7 Å². The van der Waals surface area contributed by atoms with Gasteiger partial charge in [-0.1, -0.05) is 54.1 Å². The number of ketones is 2. The van der Waals surface area contributed by atoms with Crippen LogP contribution in [0.2, 0.25) is 0 Å². The maximum absolute atomic E-state index is 11.8. The number of carbonyl (C=O) groups is 2. The average Bonchev–Trinajstić information content (AvgIpc) is 2.54. The Morgan fingerprint density at radius 2 is 1.26 bits per heavy atom. The summed E-state index contributed by atoms with van der Waals surface area (Å²) in [5, 5.41) is 0. The fraction of sp³-hybridized carbons (Fsp3) is 0.100. The number of hydrogen-bond acceptors (Lipinski definition) is 3. The molecule has 2 rings (SSSR count). The van der Waals surface area contributed by atoms with Gasteiger partial charge in [-0.25, -0.2) is 0 Å². The smallest absolute Gasteiger partial charge is 0.163 e. The molecular weight excluding hydrogens is 286 g/mol. The van der Waals surface area contributed by atoms with E-state index in [0.29, 0.717) is 5.69 Å². The second-order valence-electron chi connectivity index (χ2n) is 5.35. The number of rotatable bonds is 6. The Hall–Kier alpha value is -2.94. The number of allylic oxidation sites excluding steroid dienone is 2. The predicted octanol–water partition coefficient (Wildman–Crippen LogP) is 3.83. The first kappa shape index (κ1) is 16.4. The third kappa shape index (κ3) is 5.75. The third-order valence-electron chi connectivity index (χ3n) is 3.29. The second-order valence-corrected chi connectivity index (χ2v) is 5.35. The number of nitrogen functional groups attached to an aromatic ring is 1. The summed E-state index contributed by atoms with van der Waals surface area (Å²) in [5.41, 5.74) is 9.24. The molecule has 0 aliphatic carbocycles. The number of nitrogens with two attached hydrogens (primary N) is 1. The van der Waals surface area contributed by atoms with Crippen molar-refractivity contribution in [3.05, 3.63) is 77.4 Å². The molecule has 2 aromatic carbocycles. The van der Waals surface area contributed by atoms with Crippen LogP contribution in [-0.4, -0.2) is 11.6 Å². The lowest BCUT2D eigenvalue weighted by Gasteiger charge is -1.96. The Kier molecular flexibility index (Phi) is 5.64. The highest BCUT2D eigenvalue weighted by Gasteiger charge is 2.03. The molecule has 0 radical (unpaired) electrons. The third-order valence-corrected chi connectivity index (χ3v) is 3.29. The lowest BCUT2D eigenvalue weighted by atomic mass is 10.1. The Morgan fingerprint density at radius 3 is 1.74 bits per heavy atom. The molecule has 0 aliphatic rings. The molecule has 3 heteroatoms. The molecule has 0 fully saturated rings. The van der Waals surface area contributed by atoms with Crippen molar-refractivity contribution >= 4 is 29.4 Å². The molecule has 0 spiro atoms. The van der Waals surface area contributed by atoms with Crippen LogP contribution < -0.4 is 5.73 Å². The highest BCUT2D eigenvalue weighted by Crippen LogP contribution is 2.08. The highest BCUT2D eigenvalue weighted by atomic mass is 16.1. The molecular formula is C20H19NO2. The van der Waals surface area contributed by atoms with E-state index in [-0.39, 0.29) is 18.0 Å². The topological polar surface area (TPSA) is 60.2 Å². The van der Waals surface area contributed by atoms with E-state index < -0.39 is 0 Å². The van der Waals surface area contributed by atoms with Gasteiger partial charge in [0.15, 0.2) is 11.6 Å². The number of carbonyl (C=O) groups excluding carboxylic acids is 2. The zero-order valence-corrected chi connectivity index (χ0v) is 13.0. The van der Waals surface area contributed by atoms with E-state index >= 15 is 0 Å². The molecule has 0 amide bonds.